The minimum Gasteiger partial charge on any atom is -0.456 e. The van der Waals surface area contributed by atoms with Crippen LogP contribution in [0.1, 0.15) is 11.3 Å². The second kappa shape index (κ2) is 6.71. The lowest BCUT2D eigenvalue weighted by Crippen LogP contribution is -2.01. The van der Waals surface area contributed by atoms with Gasteiger partial charge in [-0.3, -0.25) is 4.98 Å². The zero-order chi connectivity index (χ0) is 13.5. The molecule has 1 aromatic heterocycles. The highest BCUT2D eigenvalue weighted by molar-refractivity contribution is 6.30. The van der Waals surface area contributed by atoms with Crippen molar-refractivity contribution in [3.05, 3.63) is 71.0 Å². The summed E-state index contributed by atoms with van der Waals surface area (Å²) >= 11 is 5.77. The van der Waals surface area contributed by atoms with Crippen LogP contribution in [-0.2, 0) is 16.1 Å². The van der Waals surface area contributed by atoms with Gasteiger partial charge >= 0.3 is 5.97 Å². The molecule has 0 radical (unpaired) electrons. The van der Waals surface area contributed by atoms with Gasteiger partial charge in [0, 0.05) is 17.3 Å². The van der Waals surface area contributed by atoms with Crippen LogP contribution in [0.5, 0.6) is 0 Å². The molecule has 2 aromatic rings. The summed E-state index contributed by atoms with van der Waals surface area (Å²) in [6, 6.07) is 12.6. The molecule has 3 nitrogen and oxygen atoms in total. The molecule has 0 bridgehead atoms. The molecule has 0 N–H and O–H groups in total. The van der Waals surface area contributed by atoms with Crippen LogP contribution < -0.4 is 0 Å². The van der Waals surface area contributed by atoms with Crippen molar-refractivity contribution in [1.29, 1.82) is 0 Å². The first-order chi connectivity index (χ1) is 9.24. The highest BCUT2D eigenvalue weighted by Crippen LogP contribution is 2.10. The van der Waals surface area contributed by atoms with Crippen molar-refractivity contribution >= 4 is 23.6 Å². The van der Waals surface area contributed by atoms with Crippen molar-refractivity contribution in [3.63, 3.8) is 0 Å². The zero-order valence-corrected chi connectivity index (χ0v) is 10.9. The van der Waals surface area contributed by atoms with Gasteiger partial charge in [0.1, 0.15) is 6.61 Å². The summed E-state index contributed by atoms with van der Waals surface area (Å²) in [6.07, 6.45) is 4.72. The van der Waals surface area contributed by atoms with Gasteiger partial charge in [0.2, 0.25) is 0 Å². The molecule has 0 saturated heterocycles. The van der Waals surface area contributed by atoms with Crippen molar-refractivity contribution in [1.82, 2.24) is 4.98 Å². The molecule has 0 atom stereocenters. The van der Waals surface area contributed by atoms with Crippen molar-refractivity contribution in [2.75, 3.05) is 0 Å². The van der Waals surface area contributed by atoms with Crippen LogP contribution in [0.15, 0.2) is 54.7 Å². The van der Waals surface area contributed by atoms with Gasteiger partial charge in [0.05, 0.1) is 5.69 Å². The first-order valence-electron chi connectivity index (χ1n) is 5.74. The lowest BCUT2D eigenvalue weighted by atomic mass is 10.2. The minimum atomic E-state index is -0.402. The summed E-state index contributed by atoms with van der Waals surface area (Å²) in [5.74, 6) is -0.402. The molecule has 19 heavy (non-hydrogen) atoms. The molecular formula is C15H12ClNO2. The molecule has 96 valence electrons. The van der Waals surface area contributed by atoms with Crippen LogP contribution in [0, 0.1) is 0 Å². The fourth-order valence-electron chi connectivity index (χ4n) is 1.41. The van der Waals surface area contributed by atoms with Gasteiger partial charge in [-0.25, -0.2) is 4.79 Å². The van der Waals surface area contributed by atoms with E-state index in [0.29, 0.717) is 5.02 Å². The highest BCUT2D eigenvalue weighted by atomic mass is 35.5. The molecule has 1 heterocycles. The van der Waals surface area contributed by atoms with E-state index in [9.17, 15) is 4.79 Å². The second-order valence-electron chi connectivity index (χ2n) is 3.81. The Kier molecular flexibility index (Phi) is 4.70. The van der Waals surface area contributed by atoms with E-state index in [-0.39, 0.29) is 6.61 Å². The maximum Gasteiger partial charge on any atom is 0.331 e. The molecular weight excluding hydrogens is 262 g/mol. The van der Waals surface area contributed by atoms with Crippen molar-refractivity contribution in [2.24, 2.45) is 0 Å². The fourth-order valence-corrected chi connectivity index (χ4v) is 1.54. The summed E-state index contributed by atoms with van der Waals surface area (Å²) in [4.78, 5) is 15.6. The molecule has 0 aliphatic rings. The van der Waals surface area contributed by atoms with Gasteiger partial charge in [0.15, 0.2) is 0 Å². The van der Waals surface area contributed by atoms with Crippen LogP contribution in [0.3, 0.4) is 0 Å². The van der Waals surface area contributed by atoms with Gasteiger partial charge in [0.25, 0.3) is 0 Å². The highest BCUT2D eigenvalue weighted by Gasteiger charge is 1.99. The quantitative estimate of drug-likeness (QED) is 0.632. The molecule has 2 rings (SSSR count). The summed E-state index contributed by atoms with van der Waals surface area (Å²) in [6.45, 7) is 0.171. The van der Waals surface area contributed by atoms with Crippen LogP contribution in [0.2, 0.25) is 5.02 Å². The minimum absolute atomic E-state index is 0.171. The van der Waals surface area contributed by atoms with Gasteiger partial charge in [-0.15, -0.1) is 0 Å². The van der Waals surface area contributed by atoms with Gasteiger partial charge < -0.3 is 4.74 Å². The smallest absolute Gasteiger partial charge is 0.331 e. The third-order valence-corrected chi connectivity index (χ3v) is 2.62. The van der Waals surface area contributed by atoms with Crippen LogP contribution in [0.25, 0.3) is 6.08 Å². The molecule has 0 aliphatic carbocycles. The number of carbonyl (C=O) groups excluding carboxylic acids is 1. The molecule has 4 heteroatoms. The van der Waals surface area contributed by atoms with E-state index in [2.05, 4.69) is 4.98 Å². The number of carbonyl (C=O) groups is 1. The lowest BCUT2D eigenvalue weighted by molar-refractivity contribution is -0.139. The number of rotatable bonds is 4. The van der Waals surface area contributed by atoms with E-state index in [1.165, 1.54) is 6.08 Å². The average Bonchev–Trinajstić information content (AvgIpc) is 2.45. The number of aromatic nitrogens is 1. The number of pyridine rings is 1. The number of ether oxygens (including phenoxy) is 1. The van der Waals surface area contributed by atoms with Crippen LogP contribution in [0.4, 0.5) is 0 Å². The SMILES string of the molecule is O=C(/C=C/c1ccc(Cl)cc1)OCc1ccccn1. The van der Waals surface area contributed by atoms with Crippen LogP contribution >= 0.6 is 11.6 Å². The van der Waals surface area contributed by atoms with Gasteiger partial charge in [-0.1, -0.05) is 29.8 Å². The van der Waals surface area contributed by atoms with E-state index in [4.69, 9.17) is 16.3 Å². The first-order valence-corrected chi connectivity index (χ1v) is 6.12. The average molecular weight is 274 g/mol. The van der Waals surface area contributed by atoms with Crippen LogP contribution in [-0.4, -0.2) is 11.0 Å². The first kappa shape index (κ1) is 13.3. The largest absolute Gasteiger partial charge is 0.456 e. The Balaban J connectivity index is 1.86. The lowest BCUT2D eigenvalue weighted by Gasteiger charge is -2.00. The summed E-state index contributed by atoms with van der Waals surface area (Å²) < 4.78 is 5.06. The molecule has 0 unspecified atom stereocenters. The van der Waals surface area contributed by atoms with E-state index >= 15 is 0 Å². The topological polar surface area (TPSA) is 39.2 Å². The zero-order valence-electron chi connectivity index (χ0n) is 10.1. The third-order valence-electron chi connectivity index (χ3n) is 2.37. The predicted octanol–water partition coefficient (Wildman–Crippen LogP) is 3.49. The Labute approximate surface area is 116 Å². The predicted molar refractivity (Wildman–Crippen MR) is 74.5 cm³/mol. The number of benzene rings is 1. The Morgan fingerprint density at radius 3 is 2.68 bits per heavy atom. The van der Waals surface area contributed by atoms with Gasteiger partial charge in [-0.2, -0.15) is 0 Å². The maximum atomic E-state index is 11.5. The monoisotopic (exact) mass is 273 g/mol. The Hall–Kier alpha value is -2.13. The summed E-state index contributed by atoms with van der Waals surface area (Å²) in [5, 5.41) is 0.662. The Bertz CT molecular complexity index is 564. The maximum absolute atomic E-state index is 11.5. The van der Waals surface area contributed by atoms with E-state index in [0.717, 1.165) is 11.3 Å². The van der Waals surface area contributed by atoms with Gasteiger partial charge in [-0.05, 0) is 35.9 Å². The third kappa shape index (κ3) is 4.56. The second-order valence-corrected chi connectivity index (χ2v) is 4.25. The molecule has 0 spiro atoms. The number of esters is 1. The standard InChI is InChI=1S/C15H12ClNO2/c16-13-7-4-12(5-8-13)6-9-15(18)19-11-14-3-1-2-10-17-14/h1-10H,11H2/b9-6+. The number of hydrogen-bond acceptors (Lipinski definition) is 3. The summed E-state index contributed by atoms with van der Waals surface area (Å²) in [5.41, 5.74) is 1.61. The molecule has 1 aromatic carbocycles. The van der Waals surface area contributed by atoms with Crippen molar-refractivity contribution in [3.8, 4) is 0 Å². The molecule has 0 fully saturated rings. The number of hydrogen-bond donors (Lipinski definition) is 0. The number of nitrogens with zero attached hydrogens (tertiary/aromatic N) is 1. The summed E-state index contributed by atoms with van der Waals surface area (Å²) in [7, 11) is 0. The Morgan fingerprint density at radius 1 is 1.21 bits per heavy atom. The van der Waals surface area contributed by atoms with E-state index < -0.39 is 5.97 Å². The van der Waals surface area contributed by atoms with E-state index in [1.807, 2.05) is 24.3 Å². The Morgan fingerprint density at radius 2 is 2.00 bits per heavy atom. The van der Waals surface area contributed by atoms with Crippen molar-refractivity contribution < 1.29 is 9.53 Å². The molecule has 0 saturated carbocycles. The number of halogens is 1. The normalized spacial score (nSPS) is 10.6. The van der Waals surface area contributed by atoms with E-state index in [1.54, 1.807) is 30.5 Å². The van der Waals surface area contributed by atoms with Crippen molar-refractivity contribution in [2.45, 2.75) is 6.61 Å². The fraction of sp³-hybridized carbons (Fsp3) is 0.0667. The molecule has 0 amide bonds. The molecule has 0 aliphatic heterocycles.